The van der Waals surface area contributed by atoms with Crippen LogP contribution < -0.4 is 5.73 Å². The van der Waals surface area contributed by atoms with Crippen molar-refractivity contribution in [2.75, 3.05) is 0 Å². The van der Waals surface area contributed by atoms with E-state index in [1.165, 1.54) is 11.8 Å². The second-order valence-electron chi connectivity index (χ2n) is 4.10. The molecule has 2 heterocycles. The van der Waals surface area contributed by atoms with Crippen LogP contribution in [-0.4, -0.2) is 31.0 Å². The zero-order chi connectivity index (χ0) is 14.7. The van der Waals surface area contributed by atoms with Gasteiger partial charge in [-0.2, -0.15) is 4.68 Å². The van der Waals surface area contributed by atoms with Crippen LogP contribution >= 0.6 is 11.8 Å². The summed E-state index contributed by atoms with van der Waals surface area (Å²) in [5.41, 5.74) is 6.75. The topological polar surface area (TPSA) is 106 Å². The van der Waals surface area contributed by atoms with Crippen molar-refractivity contribution < 1.29 is 0 Å². The van der Waals surface area contributed by atoms with E-state index < -0.39 is 0 Å². The number of nitrogens with one attached hydrogen (secondary N) is 1. The summed E-state index contributed by atoms with van der Waals surface area (Å²) in [5, 5.41) is 19.8. The van der Waals surface area contributed by atoms with Gasteiger partial charge in [0, 0.05) is 11.1 Å². The molecule has 3 N–H and O–H groups in total. The molecule has 0 unspecified atom stereocenters. The van der Waals surface area contributed by atoms with Gasteiger partial charge < -0.3 is 5.73 Å². The zero-order valence-electron chi connectivity index (χ0n) is 10.8. The van der Waals surface area contributed by atoms with Crippen LogP contribution in [0.1, 0.15) is 5.69 Å². The average molecular weight is 297 g/mol. The van der Waals surface area contributed by atoms with Gasteiger partial charge in [-0.15, -0.1) is 5.10 Å². The van der Waals surface area contributed by atoms with Gasteiger partial charge in [0.1, 0.15) is 11.5 Å². The monoisotopic (exact) mass is 297 g/mol. The van der Waals surface area contributed by atoms with Crippen molar-refractivity contribution in [1.82, 2.24) is 25.2 Å². The first kappa shape index (κ1) is 13.3. The Hall–Kier alpha value is -2.74. The standard InChI is InChI=1S/C13H11N7S/c14-12(15)11-8-10(6-7-16-11)21-13-17-18-19-20(13)9-4-2-1-3-5-9/h1-8H,(H3,14,15). The molecule has 104 valence electrons. The number of benzene rings is 1. The summed E-state index contributed by atoms with van der Waals surface area (Å²) in [6, 6.07) is 13.2. The lowest BCUT2D eigenvalue weighted by Gasteiger charge is -2.04. The van der Waals surface area contributed by atoms with Gasteiger partial charge in [0.2, 0.25) is 5.16 Å². The van der Waals surface area contributed by atoms with E-state index in [1.807, 2.05) is 36.4 Å². The molecule has 0 spiro atoms. The second-order valence-corrected chi connectivity index (χ2v) is 5.14. The number of aromatic nitrogens is 5. The average Bonchev–Trinajstić information content (AvgIpc) is 2.96. The van der Waals surface area contributed by atoms with E-state index in [4.69, 9.17) is 11.1 Å². The molecule has 8 heteroatoms. The van der Waals surface area contributed by atoms with Crippen LogP contribution in [0.5, 0.6) is 0 Å². The molecule has 0 fully saturated rings. The highest BCUT2D eigenvalue weighted by atomic mass is 32.2. The molecule has 7 nitrogen and oxygen atoms in total. The second kappa shape index (κ2) is 5.71. The van der Waals surface area contributed by atoms with Crippen molar-refractivity contribution in [3.05, 3.63) is 54.4 Å². The summed E-state index contributed by atoms with van der Waals surface area (Å²) in [6.07, 6.45) is 1.61. The van der Waals surface area contributed by atoms with E-state index in [2.05, 4.69) is 20.5 Å². The predicted molar refractivity (Wildman–Crippen MR) is 78.5 cm³/mol. The van der Waals surface area contributed by atoms with Gasteiger partial charge >= 0.3 is 0 Å². The molecule has 0 aliphatic rings. The minimum absolute atomic E-state index is 0.0694. The Morgan fingerprint density at radius 3 is 2.76 bits per heavy atom. The number of hydrogen-bond donors (Lipinski definition) is 2. The van der Waals surface area contributed by atoms with Gasteiger partial charge in [0.15, 0.2) is 0 Å². The third-order valence-electron chi connectivity index (χ3n) is 2.66. The number of rotatable bonds is 4. The minimum Gasteiger partial charge on any atom is -0.382 e. The normalized spacial score (nSPS) is 10.5. The molecule has 21 heavy (non-hydrogen) atoms. The highest BCUT2D eigenvalue weighted by molar-refractivity contribution is 7.99. The quantitative estimate of drug-likeness (QED) is 0.558. The third kappa shape index (κ3) is 2.90. The summed E-state index contributed by atoms with van der Waals surface area (Å²) in [6.45, 7) is 0. The van der Waals surface area contributed by atoms with Gasteiger partial charge in [-0.25, -0.2) is 0 Å². The van der Waals surface area contributed by atoms with Gasteiger partial charge in [-0.05, 0) is 46.5 Å². The fourth-order valence-electron chi connectivity index (χ4n) is 1.70. The number of para-hydroxylation sites is 1. The number of nitrogens with zero attached hydrogens (tertiary/aromatic N) is 5. The molecule has 3 rings (SSSR count). The Labute approximate surface area is 124 Å². The number of pyridine rings is 1. The summed E-state index contributed by atoms with van der Waals surface area (Å²) in [4.78, 5) is 4.89. The summed E-state index contributed by atoms with van der Waals surface area (Å²) in [5.74, 6) is -0.0694. The number of nitrogen functional groups attached to an aromatic ring is 1. The lowest BCUT2D eigenvalue weighted by Crippen LogP contribution is -2.12. The van der Waals surface area contributed by atoms with Crippen LogP contribution in [0.4, 0.5) is 0 Å². The minimum atomic E-state index is -0.0694. The molecular formula is C13H11N7S. The fraction of sp³-hybridized carbons (Fsp3) is 0. The molecule has 0 bridgehead atoms. The molecule has 0 radical (unpaired) electrons. The molecule has 1 aromatic carbocycles. The summed E-state index contributed by atoms with van der Waals surface area (Å²) >= 11 is 1.38. The van der Waals surface area contributed by atoms with Crippen molar-refractivity contribution in [2.24, 2.45) is 5.73 Å². The number of hydrogen-bond acceptors (Lipinski definition) is 6. The van der Waals surface area contributed by atoms with Crippen LogP contribution in [0.2, 0.25) is 0 Å². The largest absolute Gasteiger partial charge is 0.382 e. The molecular weight excluding hydrogens is 286 g/mol. The van der Waals surface area contributed by atoms with Crippen molar-refractivity contribution >= 4 is 17.6 Å². The van der Waals surface area contributed by atoms with Crippen LogP contribution in [0.3, 0.4) is 0 Å². The highest BCUT2D eigenvalue weighted by Gasteiger charge is 2.10. The molecule has 0 aliphatic carbocycles. The Balaban J connectivity index is 1.92. The van der Waals surface area contributed by atoms with E-state index in [9.17, 15) is 0 Å². The molecule has 0 saturated carbocycles. The van der Waals surface area contributed by atoms with Crippen LogP contribution in [0.15, 0.2) is 58.7 Å². The molecule has 0 saturated heterocycles. The Kier molecular flexibility index (Phi) is 3.61. The number of amidine groups is 1. The SMILES string of the molecule is N=C(N)c1cc(Sc2nnnn2-c2ccccc2)ccn1. The first-order chi connectivity index (χ1) is 10.2. The van der Waals surface area contributed by atoms with Crippen molar-refractivity contribution in [1.29, 1.82) is 5.41 Å². The molecule has 0 atom stereocenters. The Bertz CT molecular complexity index is 769. The van der Waals surface area contributed by atoms with Crippen LogP contribution in [0, 0.1) is 5.41 Å². The first-order valence-electron chi connectivity index (χ1n) is 6.06. The first-order valence-corrected chi connectivity index (χ1v) is 6.88. The maximum Gasteiger partial charge on any atom is 0.218 e. The lowest BCUT2D eigenvalue weighted by atomic mass is 10.3. The number of nitrogens with two attached hydrogens (primary N) is 1. The van der Waals surface area contributed by atoms with Gasteiger partial charge in [-0.3, -0.25) is 10.4 Å². The third-order valence-corrected chi connectivity index (χ3v) is 3.58. The van der Waals surface area contributed by atoms with E-state index in [-0.39, 0.29) is 5.84 Å². The van der Waals surface area contributed by atoms with Crippen molar-refractivity contribution in [2.45, 2.75) is 10.1 Å². The van der Waals surface area contributed by atoms with Gasteiger partial charge in [0.05, 0.1) is 5.69 Å². The maximum absolute atomic E-state index is 7.42. The van der Waals surface area contributed by atoms with Crippen molar-refractivity contribution in [3.63, 3.8) is 0 Å². The van der Waals surface area contributed by atoms with E-state index in [1.54, 1.807) is 16.9 Å². The summed E-state index contributed by atoms with van der Waals surface area (Å²) in [7, 11) is 0. The van der Waals surface area contributed by atoms with E-state index in [0.717, 1.165) is 10.6 Å². The lowest BCUT2D eigenvalue weighted by molar-refractivity contribution is 0.756. The van der Waals surface area contributed by atoms with Crippen LogP contribution in [-0.2, 0) is 0 Å². The van der Waals surface area contributed by atoms with Gasteiger partial charge in [0.25, 0.3) is 0 Å². The predicted octanol–water partition coefficient (Wildman–Crippen LogP) is 1.49. The van der Waals surface area contributed by atoms with Crippen molar-refractivity contribution in [3.8, 4) is 5.69 Å². The van der Waals surface area contributed by atoms with E-state index in [0.29, 0.717) is 10.9 Å². The smallest absolute Gasteiger partial charge is 0.218 e. The van der Waals surface area contributed by atoms with E-state index >= 15 is 0 Å². The summed E-state index contributed by atoms with van der Waals surface area (Å²) < 4.78 is 1.65. The Morgan fingerprint density at radius 2 is 2.00 bits per heavy atom. The van der Waals surface area contributed by atoms with Crippen LogP contribution in [0.25, 0.3) is 5.69 Å². The maximum atomic E-state index is 7.42. The fourth-order valence-corrected chi connectivity index (χ4v) is 2.52. The highest BCUT2D eigenvalue weighted by Crippen LogP contribution is 2.26. The Morgan fingerprint density at radius 1 is 1.19 bits per heavy atom. The molecule has 3 aromatic rings. The zero-order valence-corrected chi connectivity index (χ0v) is 11.7. The van der Waals surface area contributed by atoms with Gasteiger partial charge in [-0.1, -0.05) is 18.2 Å². The molecule has 0 aliphatic heterocycles. The molecule has 0 amide bonds. The number of tetrazole rings is 1. The molecule has 2 aromatic heterocycles.